The van der Waals surface area contributed by atoms with Crippen LogP contribution in [0.15, 0.2) is 42.5 Å². The van der Waals surface area contributed by atoms with Gasteiger partial charge in [-0.05, 0) is 62.8 Å². The van der Waals surface area contributed by atoms with Crippen LogP contribution in [0, 0.1) is 13.8 Å². The third kappa shape index (κ3) is 4.07. The lowest BCUT2D eigenvalue weighted by atomic mass is 10.1. The van der Waals surface area contributed by atoms with Gasteiger partial charge in [0.2, 0.25) is 5.91 Å². The largest absolute Gasteiger partial charge is 0.493 e. The molecule has 4 rings (SSSR count). The number of carbonyl (C=O) groups excluding carboxylic acids is 1. The minimum atomic E-state index is 0.0840. The zero-order valence-corrected chi connectivity index (χ0v) is 18.2. The first-order chi connectivity index (χ1) is 14.6. The molecule has 1 aliphatic heterocycles. The van der Waals surface area contributed by atoms with Gasteiger partial charge in [0.25, 0.3) is 0 Å². The number of aryl methyl sites for hydroxylation is 3. The lowest BCUT2D eigenvalue weighted by Crippen LogP contribution is -2.30. The highest BCUT2D eigenvalue weighted by molar-refractivity contribution is 5.77. The normalized spacial score (nSPS) is 16.4. The predicted molar refractivity (Wildman–Crippen MR) is 120 cm³/mol. The molecule has 1 saturated heterocycles. The molecular formula is C25H31N3O2. The second-order valence-electron chi connectivity index (χ2n) is 8.26. The van der Waals surface area contributed by atoms with E-state index < -0.39 is 0 Å². The van der Waals surface area contributed by atoms with Gasteiger partial charge in [-0.2, -0.15) is 0 Å². The number of nitrogens with zero attached hydrogens (tertiary/aromatic N) is 3. The molecule has 1 aromatic heterocycles. The van der Waals surface area contributed by atoms with Crippen molar-refractivity contribution in [1.29, 1.82) is 0 Å². The van der Waals surface area contributed by atoms with Gasteiger partial charge in [0.1, 0.15) is 11.6 Å². The van der Waals surface area contributed by atoms with Crippen LogP contribution in [0.2, 0.25) is 0 Å². The molecule has 3 aromatic rings. The molecule has 2 heterocycles. The van der Waals surface area contributed by atoms with Crippen molar-refractivity contribution in [2.45, 2.75) is 59.0 Å². The van der Waals surface area contributed by atoms with Gasteiger partial charge >= 0.3 is 0 Å². The molecule has 0 saturated carbocycles. The van der Waals surface area contributed by atoms with Gasteiger partial charge in [-0.15, -0.1) is 0 Å². The highest BCUT2D eigenvalue weighted by Crippen LogP contribution is 2.33. The van der Waals surface area contributed by atoms with E-state index >= 15 is 0 Å². The summed E-state index contributed by atoms with van der Waals surface area (Å²) in [7, 11) is 0. The topological polar surface area (TPSA) is 47.4 Å². The van der Waals surface area contributed by atoms with Crippen molar-refractivity contribution < 1.29 is 9.53 Å². The number of hydrogen-bond acceptors (Lipinski definition) is 3. The van der Waals surface area contributed by atoms with Crippen LogP contribution in [-0.4, -0.2) is 33.5 Å². The predicted octanol–water partition coefficient (Wildman–Crippen LogP) is 5.20. The Kier molecular flexibility index (Phi) is 6.07. The molecule has 0 radical (unpaired) electrons. The van der Waals surface area contributed by atoms with Gasteiger partial charge < -0.3 is 14.2 Å². The molecule has 5 nitrogen and oxygen atoms in total. The summed E-state index contributed by atoms with van der Waals surface area (Å²) in [6, 6.07) is 14.6. The summed E-state index contributed by atoms with van der Waals surface area (Å²) < 4.78 is 8.39. The molecule has 0 N–H and O–H groups in total. The molecule has 1 fully saturated rings. The summed E-state index contributed by atoms with van der Waals surface area (Å²) >= 11 is 0. The Labute approximate surface area is 178 Å². The number of amides is 1. The highest BCUT2D eigenvalue weighted by Gasteiger charge is 2.31. The van der Waals surface area contributed by atoms with Crippen LogP contribution < -0.4 is 4.74 Å². The van der Waals surface area contributed by atoms with Crippen LogP contribution in [0.4, 0.5) is 0 Å². The van der Waals surface area contributed by atoms with Crippen molar-refractivity contribution in [3.63, 3.8) is 0 Å². The molecule has 158 valence electrons. The van der Waals surface area contributed by atoms with Crippen molar-refractivity contribution >= 4 is 16.9 Å². The fraction of sp³-hybridized carbons (Fsp3) is 0.440. The van der Waals surface area contributed by atoms with Crippen molar-refractivity contribution in [2.75, 3.05) is 13.2 Å². The molecule has 0 bridgehead atoms. The second-order valence-corrected chi connectivity index (χ2v) is 8.26. The number of likely N-dealkylation sites (tertiary alicyclic amines) is 1. The van der Waals surface area contributed by atoms with E-state index in [0.717, 1.165) is 61.4 Å². The maximum Gasteiger partial charge on any atom is 0.220 e. The first-order valence-corrected chi connectivity index (χ1v) is 11.0. The van der Waals surface area contributed by atoms with E-state index in [-0.39, 0.29) is 11.9 Å². The van der Waals surface area contributed by atoms with Crippen LogP contribution in [0.3, 0.4) is 0 Å². The van der Waals surface area contributed by atoms with Crippen molar-refractivity contribution in [1.82, 2.24) is 14.5 Å². The van der Waals surface area contributed by atoms with E-state index in [4.69, 9.17) is 9.72 Å². The van der Waals surface area contributed by atoms with Crippen molar-refractivity contribution in [2.24, 2.45) is 0 Å². The molecule has 1 aliphatic rings. The Morgan fingerprint density at radius 1 is 1.10 bits per heavy atom. The molecule has 0 aliphatic carbocycles. The fourth-order valence-corrected chi connectivity index (χ4v) is 4.57. The molecule has 1 atom stereocenters. The molecule has 0 unspecified atom stereocenters. The highest BCUT2D eigenvalue weighted by atomic mass is 16.5. The van der Waals surface area contributed by atoms with Gasteiger partial charge in [0.05, 0.1) is 23.7 Å². The van der Waals surface area contributed by atoms with Crippen molar-refractivity contribution in [3.8, 4) is 5.75 Å². The number of carbonyl (C=O) groups is 1. The summed E-state index contributed by atoms with van der Waals surface area (Å²) in [6.45, 7) is 8.26. The van der Waals surface area contributed by atoms with Gasteiger partial charge in [-0.3, -0.25) is 4.79 Å². The maximum atomic E-state index is 12.1. The average Bonchev–Trinajstić information content (AvgIpc) is 3.34. The van der Waals surface area contributed by atoms with Gasteiger partial charge in [0, 0.05) is 20.0 Å². The first-order valence-electron chi connectivity index (χ1n) is 11.0. The lowest BCUT2D eigenvalue weighted by molar-refractivity contribution is -0.129. The van der Waals surface area contributed by atoms with E-state index in [1.165, 1.54) is 11.1 Å². The number of rotatable bonds is 7. The van der Waals surface area contributed by atoms with Crippen LogP contribution in [-0.2, 0) is 11.3 Å². The van der Waals surface area contributed by atoms with Gasteiger partial charge in [-0.25, -0.2) is 4.98 Å². The smallest absolute Gasteiger partial charge is 0.220 e. The molecule has 2 aromatic carbocycles. The van der Waals surface area contributed by atoms with E-state index in [9.17, 15) is 4.79 Å². The molecule has 0 spiro atoms. The minimum absolute atomic E-state index is 0.0840. The van der Waals surface area contributed by atoms with E-state index in [1.807, 2.05) is 11.0 Å². The summed E-state index contributed by atoms with van der Waals surface area (Å²) in [5.74, 6) is 2.17. The number of fused-ring (bicyclic) bond motifs is 1. The number of unbranched alkanes of at least 4 members (excludes halogenated alkanes) is 1. The monoisotopic (exact) mass is 405 g/mol. The number of hydrogen-bond donors (Lipinski definition) is 0. The lowest BCUT2D eigenvalue weighted by Gasteiger charge is -2.24. The average molecular weight is 406 g/mol. The third-order valence-corrected chi connectivity index (χ3v) is 6.07. The summed E-state index contributed by atoms with van der Waals surface area (Å²) in [5.41, 5.74) is 4.53. The van der Waals surface area contributed by atoms with Gasteiger partial charge in [-0.1, -0.05) is 30.3 Å². The van der Waals surface area contributed by atoms with Crippen LogP contribution in [0.1, 0.15) is 55.6 Å². The number of ether oxygens (including phenoxy) is 1. The minimum Gasteiger partial charge on any atom is -0.493 e. The number of para-hydroxylation sites is 3. The third-order valence-electron chi connectivity index (χ3n) is 6.07. The number of aromatic nitrogens is 2. The Hall–Kier alpha value is -2.82. The van der Waals surface area contributed by atoms with E-state index in [1.54, 1.807) is 6.92 Å². The molecule has 5 heteroatoms. The summed E-state index contributed by atoms with van der Waals surface area (Å²) in [5, 5.41) is 0. The zero-order valence-electron chi connectivity index (χ0n) is 18.2. The fourth-order valence-electron chi connectivity index (χ4n) is 4.57. The Balaban J connectivity index is 1.46. The standard InChI is InChI=1S/C25H31N3O2/c1-18-10-8-11-19(2)24(18)30-17-7-6-15-28-22-13-5-4-12-21(22)26-25(28)23-14-9-16-27(23)20(3)29/h4-5,8,10-13,23H,6-7,9,14-17H2,1-3H3/t23-/m0/s1. The maximum absolute atomic E-state index is 12.1. The van der Waals surface area contributed by atoms with Crippen LogP contribution in [0.5, 0.6) is 5.75 Å². The SMILES string of the molecule is CC(=O)N1CCC[C@H]1c1nc2ccccc2n1CCCCOc1c(C)cccc1C. The molecule has 30 heavy (non-hydrogen) atoms. The van der Waals surface area contributed by atoms with Gasteiger partial charge in [0.15, 0.2) is 0 Å². The zero-order chi connectivity index (χ0) is 21.1. The Bertz CT molecular complexity index is 1020. The summed E-state index contributed by atoms with van der Waals surface area (Å²) in [4.78, 5) is 19.0. The quantitative estimate of drug-likeness (QED) is 0.508. The molecule has 1 amide bonds. The summed E-state index contributed by atoms with van der Waals surface area (Å²) in [6.07, 6.45) is 4.00. The Morgan fingerprint density at radius 2 is 1.87 bits per heavy atom. The van der Waals surface area contributed by atoms with E-state index in [2.05, 4.69) is 54.8 Å². The number of imidazole rings is 1. The first kappa shape index (κ1) is 20.5. The van der Waals surface area contributed by atoms with E-state index in [0.29, 0.717) is 6.61 Å². The van der Waals surface area contributed by atoms with Crippen molar-refractivity contribution in [3.05, 3.63) is 59.4 Å². The molecular weight excluding hydrogens is 374 g/mol. The van der Waals surface area contributed by atoms with Crippen LogP contribution in [0.25, 0.3) is 11.0 Å². The second kappa shape index (κ2) is 8.90. The number of benzene rings is 2. The Morgan fingerprint density at radius 3 is 2.63 bits per heavy atom. The van der Waals surface area contributed by atoms with Crippen LogP contribution >= 0.6 is 0 Å².